The van der Waals surface area contributed by atoms with Crippen molar-refractivity contribution in [3.05, 3.63) is 0 Å². The van der Waals surface area contributed by atoms with Crippen LogP contribution in [0.25, 0.3) is 0 Å². The lowest BCUT2D eigenvalue weighted by Gasteiger charge is -2.33. The van der Waals surface area contributed by atoms with Gasteiger partial charge in [0.15, 0.2) is 0 Å². The Hall–Kier alpha value is -0.0800. The smallest absolute Gasteiger partial charge is 0.0724 e. The quantitative estimate of drug-likeness (QED) is 0.702. The minimum Gasteiger partial charge on any atom is -0.380 e. The van der Waals surface area contributed by atoms with Gasteiger partial charge in [0.1, 0.15) is 0 Å². The first-order chi connectivity index (χ1) is 5.79. The molecule has 1 aliphatic carbocycles. The third-order valence-corrected chi connectivity index (χ3v) is 3.19. The van der Waals surface area contributed by atoms with Crippen LogP contribution in [0.3, 0.4) is 0 Å². The Bertz CT molecular complexity index is 123. The first-order valence-electron chi connectivity index (χ1n) is 5.02. The van der Waals surface area contributed by atoms with Crippen molar-refractivity contribution in [2.45, 2.75) is 38.7 Å². The van der Waals surface area contributed by atoms with Gasteiger partial charge >= 0.3 is 0 Å². The molecule has 1 aliphatic rings. The number of methoxy groups -OCH3 is 1. The number of nitrogens with two attached hydrogens (primary N) is 1. The molecule has 2 heteroatoms. The third kappa shape index (κ3) is 2.20. The summed E-state index contributed by atoms with van der Waals surface area (Å²) >= 11 is 0. The van der Waals surface area contributed by atoms with Gasteiger partial charge in [0.05, 0.1) is 6.10 Å². The van der Waals surface area contributed by atoms with E-state index in [2.05, 4.69) is 6.92 Å². The van der Waals surface area contributed by atoms with Gasteiger partial charge < -0.3 is 10.5 Å². The Labute approximate surface area is 75.5 Å². The van der Waals surface area contributed by atoms with Gasteiger partial charge in [-0.2, -0.15) is 0 Å². The molecule has 1 fully saturated rings. The topological polar surface area (TPSA) is 35.2 Å². The fraction of sp³-hybridized carbons (Fsp3) is 1.00. The number of ether oxygens (including phenoxy) is 1. The molecule has 0 aromatic rings. The molecule has 0 amide bonds. The second-order valence-corrected chi connectivity index (χ2v) is 3.94. The molecule has 3 unspecified atom stereocenters. The summed E-state index contributed by atoms with van der Waals surface area (Å²) in [4.78, 5) is 0. The van der Waals surface area contributed by atoms with E-state index in [4.69, 9.17) is 10.5 Å². The molecular weight excluding hydrogens is 150 g/mol. The highest BCUT2D eigenvalue weighted by molar-refractivity contribution is 4.79. The summed E-state index contributed by atoms with van der Waals surface area (Å²) < 4.78 is 5.38. The molecule has 2 nitrogen and oxygen atoms in total. The molecule has 2 N–H and O–H groups in total. The van der Waals surface area contributed by atoms with Gasteiger partial charge in [0.25, 0.3) is 0 Å². The molecule has 3 atom stereocenters. The van der Waals surface area contributed by atoms with E-state index in [1.807, 2.05) is 0 Å². The summed E-state index contributed by atoms with van der Waals surface area (Å²) in [5, 5.41) is 0. The van der Waals surface area contributed by atoms with Crippen LogP contribution in [-0.4, -0.2) is 19.8 Å². The maximum absolute atomic E-state index is 5.65. The highest BCUT2D eigenvalue weighted by Crippen LogP contribution is 2.32. The van der Waals surface area contributed by atoms with Crippen molar-refractivity contribution < 1.29 is 4.74 Å². The van der Waals surface area contributed by atoms with Crippen LogP contribution in [0.15, 0.2) is 0 Å². The van der Waals surface area contributed by atoms with Crippen molar-refractivity contribution >= 4 is 0 Å². The molecule has 0 aliphatic heterocycles. The molecule has 1 saturated carbocycles. The summed E-state index contributed by atoms with van der Waals surface area (Å²) in [7, 11) is 1.78. The van der Waals surface area contributed by atoms with Gasteiger partial charge in [0, 0.05) is 13.7 Å². The first-order valence-corrected chi connectivity index (χ1v) is 5.02. The van der Waals surface area contributed by atoms with Gasteiger partial charge in [-0.1, -0.05) is 26.2 Å². The van der Waals surface area contributed by atoms with Crippen LogP contribution in [0.1, 0.15) is 32.6 Å². The van der Waals surface area contributed by atoms with Gasteiger partial charge in [-0.3, -0.25) is 0 Å². The highest BCUT2D eigenvalue weighted by atomic mass is 16.5. The molecular formula is C10H21NO. The summed E-state index contributed by atoms with van der Waals surface area (Å²) in [5.74, 6) is 1.50. The van der Waals surface area contributed by atoms with Crippen LogP contribution in [0.5, 0.6) is 0 Å². The Kier molecular flexibility index (Phi) is 4.02. The Morgan fingerprint density at radius 3 is 2.58 bits per heavy atom. The van der Waals surface area contributed by atoms with E-state index in [0.29, 0.717) is 18.6 Å². The highest BCUT2D eigenvalue weighted by Gasteiger charge is 2.27. The lowest BCUT2D eigenvalue weighted by atomic mass is 9.77. The Balaban J connectivity index is 2.45. The predicted molar refractivity (Wildman–Crippen MR) is 51.0 cm³/mol. The molecule has 0 bridgehead atoms. The van der Waals surface area contributed by atoms with Crippen LogP contribution >= 0.6 is 0 Å². The molecule has 0 aromatic heterocycles. The standard InChI is InChI=1S/C10H21NO/c1-8-5-3-4-6-9(8)10(7-11)12-2/h8-10H,3-7,11H2,1-2H3. The van der Waals surface area contributed by atoms with Crippen LogP contribution in [0, 0.1) is 11.8 Å². The van der Waals surface area contributed by atoms with E-state index >= 15 is 0 Å². The van der Waals surface area contributed by atoms with Crippen molar-refractivity contribution in [2.75, 3.05) is 13.7 Å². The van der Waals surface area contributed by atoms with Gasteiger partial charge in [0.2, 0.25) is 0 Å². The largest absolute Gasteiger partial charge is 0.380 e. The zero-order valence-electron chi connectivity index (χ0n) is 8.25. The fourth-order valence-electron chi connectivity index (χ4n) is 2.34. The molecule has 0 aromatic carbocycles. The Morgan fingerprint density at radius 2 is 2.08 bits per heavy atom. The van der Waals surface area contributed by atoms with Crippen LogP contribution in [0.2, 0.25) is 0 Å². The minimum atomic E-state index is 0.292. The lowest BCUT2D eigenvalue weighted by molar-refractivity contribution is 0.0200. The van der Waals surface area contributed by atoms with Crippen LogP contribution in [-0.2, 0) is 4.74 Å². The average Bonchev–Trinajstić information content (AvgIpc) is 2.10. The van der Waals surface area contributed by atoms with Gasteiger partial charge in [-0.25, -0.2) is 0 Å². The van der Waals surface area contributed by atoms with Gasteiger partial charge in [-0.05, 0) is 18.3 Å². The number of rotatable bonds is 3. The maximum Gasteiger partial charge on any atom is 0.0724 e. The van der Waals surface area contributed by atoms with Crippen molar-refractivity contribution in [3.8, 4) is 0 Å². The Morgan fingerprint density at radius 1 is 1.42 bits per heavy atom. The molecule has 0 heterocycles. The minimum absolute atomic E-state index is 0.292. The lowest BCUT2D eigenvalue weighted by Crippen LogP contribution is -2.36. The van der Waals surface area contributed by atoms with Crippen molar-refractivity contribution in [3.63, 3.8) is 0 Å². The van der Waals surface area contributed by atoms with E-state index in [1.54, 1.807) is 7.11 Å². The van der Waals surface area contributed by atoms with Crippen molar-refractivity contribution in [1.82, 2.24) is 0 Å². The molecule has 0 radical (unpaired) electrons. The van der Waals surface area contributed by atoms with E-state index in [-0.39, 0.29) is 0 Å². The normalized spacial score (nSPS) is 33.2. The SMILES string of the molecule is COC(CN)C1CCCCC1C. The van der Waals surface area contributed by atoms with Crippen LogP contribution < -0.4 is 5.73 Å². The molecule has 12 heavy (non-hydrogen) atoms. The molecule has 0 saturated heterocycles. The van der Waals surface area contributed by atoms with E-state index in [9.17, 15) is 0 Å². The first kappa shape index (κ1) is 10.0. The third-order valence-electron chi connectivity index (χ3n) is 3.19. The zero-order chi connectivity index (χ0) is 8.97. The molecule has 1 rings (SSSR count). The molecule has 0 spiro atoms. The second kappa shape index (κ2) is 4.83. The number of hydrogen-bond acceptors (Lipinski definition) is 2. The number of hydrogen-bond donors (Lipinski definition) is 1. The van der Waals surface area contributed by atoms with Crippen molar-refractivity contribution in [2.24, 2.45) is 17.6 Å². The maximum atomic E-state index is 5.65. The van der Waals surface area contributed by atoms with E-state index in [0.717, 1.165) is 5.92 Å². The van der Waals surface area contributed by atoms with E-state index < -0.39 is 0 Å². The predicted octanol–water partition coefficient (Wildman–Crippen LogP) is 1.79. The second-order valence-electron chi connectivity index (χ2n) is 3.94. The van der Waals surface area contributed by atoms with Crippen molar-refractivity contribution in [1.29, 1.82) is 0 Å². The summed E-state index contributed by atoms with van der Waals surface area (Å²) in [6.45, 7) is 3.00. The fourth-order valence-corrected chi connectivity index (χ4v) is 2.34. The monoisotopic (exact) mass is 171 g/mol. The van der Waals surface area contributed by atoms with Crippen LogP contribution in [0.4, 0.5) is 0 Å². The summed E-state index contributed by atoms with van der Waals surface area (Å²) in [6.07, 6.45) is 5.69. The molecule has 72 valence electrons. The zero-order valence-corrected chi connectivity index (χ0v) is 8.25. The van der Waals surface area contributed by atoms with Gasteiger partial charge in [-0.15, -0.1) is 0 Å². The average molecular weight is 171 g/mol. The van der Waals surface area contributed by atoms with E-state index in [1.165, 1.54) is 25.7 Å². The summed E-state index contributed by atoms with van der Waals surface area (Å²) in [6, 6.07) is 0. The summed E-state index contributed by atoms with van der Waals surface area (Å²) in [5.41, 5.74) is 5.65.